The maximum absolute atomic E-state index is 13.7. The number of rotatable bonds is 7. The third kappa shape index (κ3) is 5.64. The lowest BCUT2D eigenvalue weighted by Crippen LogP contribution is -2.38. The van der Waals surface area contributed by atoms with Gasteiger partial charge in [-0.3, -0.25) is 14.4 Å². The zero-order valence-corrected chi connectivity index (χ0v) is 15.0. The number of aliphatic carboxylic acids is 1. The van der Waals surface area contributed by atoms with Gasteiger partial charge in [0.05, 0.1) is 0 Å². The highest BCUT2D eigenvalue weighted by atomic mass is 19.1. The topological polar surface area (TPSA) is 95.5 Å². The molecule has 6 nitrogen and oxygen atoms in total. The summed E-state index contributed by atoms with van der Waals surface area (Å²) >= 11 is 0. The molecule has 0 heterocycles. The number of nitrogens with one attached hydrogen (secondary N) is 2. The molecule has 0 aliphatic heterocycles. The number of amides is 2. The van der Waals surface area contributed by atoms with Crippen LogP contribution < -0.4 is 10.6 Å². The molecule has 142 valence electrons. The van der Waals surface area contributed by atoms with Crippen molar-refractivity contribution in [3.05, 3.63) is 65.5 Å². The monoisotopic (exact) mass is 372 g/mol. The molecule has 2 unspecified atom stereocenters. The van der Waals surface area contributed by atoms with Crippen LogP contribution in [0.3, 0.4) is 0 Å². The second-order valence-electron chi connectivity index (χ2n) is 6.30. The van der Waals surface area contributed by atoms with Crippen LogP contribution in [0, 0.1) is 11.7 Å². The first-order valence-electron chi connectivity index (χ1n) is 8.46. The second kappa shape index (κ2) is 8.93. The van der Waals surface area contributed by atoms with Crippen molar-refractivity contribution >= 4 is 23.5 Å². The third-order valence-corrected chi connectivity index (χ3v) is 4.06. The first-order chi connectivity index (χ1) is 12.8. The molecule has 0 spiro atoms. The van der Waals surface area contributed by atoms with Crippen LogP contribution >= 0.6 is 0 Å². The lowest BCUT2D eigenvalue weighted by Gasteiger charge is -2.13. The summed E-state index contributed by atoms with van der Waals surface area (Å²) in [5.74, 6) is -2.70. The summed E-state index contributed by atoms with van der Waals surface area (Å²) in [6.07, 6.45) is 0.270. The minimum atomic E-state index is -1.13. The summed E-state index contributed by atoms with van der Waals surface area (Å²) < 4.78 is 13.7. The van der Waals surface area contributed by atoms with Crippen molar-refractivity contribution in [3.63, 3.8) is 0 Å². The molecule has 0 fully saturated rings. The van der Waals surface area contributed by atoms with Crippen molar-refractivity contribution in [1.29, 1.82) is 0 Å². The van der Waals surface area contributed by atoms with E-state index >= 15 is 0 Å². The van der Waals surface area contributed by atoms with Gasteiger partial charge in [0.2, 0.25) is 5.91 Å². The zero-order chi connectivity index (χ0) is 20.0. The number of halogens is 1. The van der Waals surface area contributed by atoms with Gasteiger partial charge in [-0.25, -0.2) is 4.39 Å². The molecule has 0 radical (unpaired) electrons. The SMILES string of the molecule is CC(Cc1ccccc1F)C(=O)Nc1ccc(C(=O)NC(C)C(=O)O)cc1. The number of carbonyl (C=O) groups excluding carboxylic acids is 2. The lowest BCUT2D eigenvalue weighted by atomic mass is 10.00. The maximum atomic E-state index is 13.7. The molecular formula is C20H21FN2O4. The summed E-state index contributed by atoms with van der Waals surface area (Å²) in [6, 6.07) is 11.4. The van der Waals surface area contributed by atoms with E-state index < -0.39 is 23.8 Å². The van der Waals surface area contributed by atoms with Crippen LogP contribution in [0.1, 0.15) is 29.8 Å². The Hall–Kier alpha value is -3.22. The van der Waals surface area contributed by atoms with E-state index in [9.17, 15) is 18.8 Å². The molecule has 3 N–H and O–H groups in total. The van der Waals surface area contributed by atoms with Crippen molar-refractivity contribution in [3.8, 4) is 0 Å². The van der Waals surface area contributed by atoms with E-state index in [1.165, 1.54) is 25.1 Å². The Morgan fingerprint density at radius 3 is 2.26 bits per heavy atom. The largest absolute Gasteiger partial charge is 0.480 e. The van der Waals surface area contributed by atoms with Crippen LogP contribution in [0.2, 0.25) is 0 Å². The van der Waals surface area contributed by atoms with Crippen molar-refractivity contribution in [2.24, 2.45) is 5.92 Å². The third-order valence-electron chi connectivity index (χ3n) is 4.06. The van der Waals surface area contributed by atoms with Crippen molar-refractivity contribution in [2.45, 2.75) is 26.3 Å². The molecule has 0 aliphatic rings. The van der Waals surface area contributed by atoms with Crippen LogP contribution in [-0.2, 0) is 16.0 Å². The van der Waals surface area contributed by atoms with E-state index in [2.05, 4.69) is 10.6 Å². The van der Waals surface area contributed by atoms with E-state index in [0.717, 1.165) is 0 Å². The Kier molecular flexibility index (Phi) is 6.65. The molecule has 0 aromatic heterocycles. The number of anilines is 1. The fourth-order valence-corrected chi connectivity index (χ4v) is 2.40. The number of hydrogen-bond donors (Lipinski definition) is 3. The maximum Gasteiger partial charge on any atom is 0.325 e. The normalized spacial score (nSPS) is 12.7. The minimum absolute atomic E-state index is 0.269. The Morgan fingerprint density at radius 2 is 1.67 bits per heavy atom. The van der Waals surface area contributed by atoms with Crippen LogP contribution in [-0.4, -0.2) is 28.9 Å². The molecule has 0 aliphatic carbocycles. The van der Waals surface area contributed by atoms with E-state index in [-0.39, 0.29) is 23.7 Å². The number of carboxylic acids is 1. The molecule has 2 amide bonds. The lowest BCUT2D eigenvalue weighted by molar-refractivity contribution is -0.138. The van der Waals surface area contributed by atoms with Crippen molar-refractivity contribution < 1.29 is 23.9 Å². The standard InChI is InChI=1S/C20H21FN2O4/c1-12(11-15-5-3-4-6-17(15)21)18(24)23-16-9-7-14(8-10-16)19(25)22-13(2)20(26)27/h3-10,12-13H,11H2,1-2H3,(H,22,25)(H,23,24)(H,26,27). The highest BCUT2D eigenvalue weighted by molar-refractivity contribution is 5.97. The summed E-state index contributed by atoms with van der Waals surface area (Å²) in [6.45, 7) is 3.07. The van der Waals surface area contributed by atoms with Crippen molar-refractivity contribution in [2.75, 3.05) is 5.32 Å². The molecular weight excluding hydrogens is 351 g/mol. The van der Waals surface area contributed by atoms with Crippen molar-refractivity contribution in [1.82, 2.24) is 5.32 Å². The summed E-state index contributed by atoms with van der Waals surface area (Å²) in [7, 11) is 0. The smallest absolute Gasteiger partial charge is 0.325 e. The van der Waals surface area contributed by atoms with E-state index in [1.807, 2.05) is 0 Å². The molecule has 0 saturated heterocycles. The van der Waals surface area contributed by atoms with Gasteiger partial charge in [-0.2, -0.15) is 0 Å². The van der Waals surface area contributed by atoms with E-state index in [0.29, 0.717) is 11.3 Å². The van der Waals surface area contributed by atoms with Gasteiger partial charge in [-0.1, -0.05) is 25.1 Å². The Bertz CT molecular complexity index is 836. The molecule has 2 rings (SSSR count). The average molecular weight is 372 g/mol. The predicted octanol–water partition coefficient (Wildman–Crippen LogP) is 2.85. The number of benzene rings is 2. The summed E-state index contributed by atoms with van der Waals surface area (Å²) in [4.78, 5) is 35.0. The highest BCUT2D eigenvalue weighted by Crippen LogP contribution is 2.16. The van der Waals surface area contributed by atoms with Gasteiger partial charge in [0, 0.05) is 17.2 Å². The summed E-state index contributed by atoms with van der Waals surface area (Å²) in [5, 5.41) is 13.9. The van der Waals surface area contributed by atoms with Gasteiger partial charge in [0.1, 0.15) is 11.9 Å². The number of carbonyl (C=O) groups is 3. The van der Waals surface area contributed by atoms with E-state index in [4.69, 9.17) is 5.11 Å². The van der Waals surface area contributed by atoms with Gasteiger partial charge in [0.15, 0.2) is 0 Å². The molecule has 27 heavy (non-hydrogen) atoms. The Morgan fingerprint density at radius 1 is 1.04 bits per heavy atom. The molecule has 2 aromatic carbocycles. The number of hydrogen-bond acceptors (Lipinski definition) is 3. The Labute approximate surface area is 156 Å². The predicted molar refractivity (Wildman–Crippen MR) is 98.9 cm³/mol. The average Bonchev–Trinajstić information content (AvgIpc) is 2.63. The molecule has 2 atom stereocenters. The molecule has 2 aromatic rings. The molecule has 7 heteroatoms. The van der Waals surface area contributed by atoms with Gasteiger partial charge < -0.3 is 15.7 Å². The van der Waals surface area contributed by atoms with Crippen LogP contribution in [0.4, 0.5) is 10.1 Å². The van der Waals surface area contributed by atoms with E-state index in [1.54, 1.807) is 37.3 Å². The zero-order valence-electron chi connectivity index (χ0n) is 15.0. The Balaban J connectivity index is 1.95. The minimum Gasteiger partial charge on any atom is -0.480 e. The fraction of sp³-hybridized carbons (Fsp3) is 0.250. The van der Waals surface area contributed by atoms with Gasteiger partial charge in [-0.05, 0) is 49.2 Å². The van der Waals surface area contributed by atoms with Gasteiger partial charge in [-0.15, -0.1) is 0 Å². The van der Waals surface area contributed by atoms with Crippen LogP contribution in [0.5, 0.6) is 0 Å². The fourth-order valence-electron chi connectivity index (χ4n) is 2.40. The summed E-state index contributed by atoms with van der Waals surface area (Å²) in [5.41, 5.74) is 1.24. The molecule has 0 saturated carbocycles. The van der Waals surface area contributed by atoms with Crippen LogP contribution in [0.25, 0.3) is 0 Å². The van der Waals surface area contributed by atoms with Gasteiger partial charge in [0.25, 0.3) is 5.91 Å². The first-order valence-corrected chi connectivity index (χ1v) is 8.46. The van der Waals surface area contributed by atoms with Gasteiger partial charge >= 0.3 is 5.97 Å². The number of carboxylic acid groups (broad SMARTS) is 1. The second-order valence-corrected chi connectivity index (χ2v) is 6.30. The quantitative estimate of drug-likeness (QED) is 0.696. The van der Waals surface area contributed by atoms with Crippen LogP contribution in [0.15, 0.2) is 48.5 Å². The first kappa shape index (κ1) is 20.1. The highest BCUT2D eigenvalue weighted by Gasteiger charge is 2.17. The molecule has 0 bridgehead atoms.